The molecule has 0 fully saturated rings. The number of rotatable bonds is 3. The third-order valence-electron chi connectivity index (χ3n) is 1.77. The lowest BCUT2D eigenvalue weighted by Gasteiger charge is -2.00. The SMILES string of the molecule is Nc1nnc(NCc2cccc(F)c2)o1. The molecule has 0 amide bonds. The smallest absolute Gasteiger partial charge is 0.317 e. The van der Waals surface area contributed by atoms with Crippen LogP contribution >= 0.6 is 0 Å². The lowest BCUT2D eigenvalue weighted by atomic mass is 10.2. The summed E-state index contributed by atoms with van der Waals surface area (Å²) in [5.74, 6) is -0.278. The molecule has 0 spiro atoms. The van der Waals surface area contributed by atoms with E-state index in [4.69, 9.17) is 10.2 Å². The minimum absolute atomic E-state index is 0.00302. The van der Waals surface area contributed by atoms with Crippen LogP contribution in [-0.2, 0) is 6.54 Å². The Morgan fingerprint density at radius 1 is 1.40 bits per heavy atom. The van der Waals surface area contributed by atoms with E-state index in [0.717, 1.165) is 5.56 Å². The van der Waals surface area contributed by atoms with E-state index in [1.807, 2.05) is 0 Å². The van der Waals surface area contributed by atoms with Crippen LogP contribution in [0.1, 0.15) is 5.56 Å². The van der Waals surface area contributed by atoms with E-state index in [1.54, 1.807) is 12.1 Å². The van der Waals surface area contributed by atoms with Crippen LogP contribution in [0.25, 0.3) is 0 Å². The highest BCUT2D eigenvalue weighted by Gasteiger charge is 2.01. The van der Waals surface area contributed by atoms with Crippen molar-refractivity contribution in [2.45, 2.75) is 6.54 Å². The summed E-state index contributed by atoms with van der Waals surface area (Å²) in [7, 11) is 0. The fraction of sp³-hybridized carbons (Fsp3) is 0.111. The molecule has 1 aromatic heterocycles. The topological polar surface area (TPSA) is 77.0 Å². The maximum absolute atomic E-state index is 12.8. The largest absolute Gasteiger partial charge is 0.390 e. The second kappa shape index (κ2) is 3.95. The van der Waals surface area contributed by atoms with Crippen molar-refractivity contribution in [1.29, 1.82) is 0 Å². The van der Waals surface area contributed by atoms with Gasteiger partial charge < -0.3 is 15.5 Å². The molecule has 3 N–H and O–H groups in total. The Balaban J connectivity index is 1.99. The van der Waals surface area contributed by atoms with E-state index < -0.39 is 0 Å². The van der Waals surface area contributed by atoms with E-state index in [0.29, 0.717) is 6.54 Å². The van der Waals surface area contributed by atoms with Crippen LogP contribution in [-0.4, -0.2) is 10.2 Å². The predicted molar refractivity (Wildman–Crippen MR) is 52.4 cm³/mol. The monoisotopic (exact) mass is 208 g/mol. The van der Waals surface area contributed by atoms with Gasteiger partial charge in [-0.2, -0.15) is 0 Å². The summed E-state index contributed by atoms with van der Waals surface area (Å²) in [4.78, 5) is 0. The lowest BCUT2D eigenvalue weighted by Crippen LogP contribution is -1.99. The standard InChI is InChI=1S/C9H9FN4O/c10-7-3-1-2-6(4-7)5-12-9-14-13-8(11)15-9/h1-4H,5H2,(H2,11,13)(H,12,14). The number of halogens is 1. The molecular formula is C9H9FN4O. The van der Waals surface area contributed by atoms with Gasteiger partial charge in [0.05, 0.1) is 0 Å². The zero-order valence-corrected chi connectivity index (χ0v) is 7.77. The van der Waals surface area contributed by atoms with Gasteiger partial charge in [0.1, 0.15) is 5.82 Å². The van der Waals surface area contributed by atoms with Gasteiger partial charge in [-0.25, -0.2) is 4.39 Å². The van der Waals surface area contributed by atoms with Crippen LogP contribution in [0.3, 0.4) is 0 Å². The van der Waals surface area contributed by atoms with Crippen LogP contribution in [0.5, 0.6) is 0 Å². The number of hydrogen-bond donors (Lipinski definition) is 2. The highest BCUT2D eigenvalue weighted by Crippen LogP contribution is 2.09. The average molecular weight is 208 g/mol. The van der Waals surface area contributed by atoms with Crippen molar-refractivity contribution >= 4 is 12.0 Å². The first-order valence-electron chi connectivity index (χ1n) is 4.31. The van der Waals surface area contributed by atoms with E-state index in [1.165, 1.54) is 12.1 Å². The summed E-state index contributed by atoms with van der Waals surface area (Å²) in [6.45, 7) is 0.402. The molecule has 1 heterocycles. The van der Waals surface area contributed by atoms with Crippen LogP contribution in [0, 0.1) is 5.82 Å². The molecule has 0 bridgehead atoms. The van der Waals surface area contributed by atoms with E-state index in [2.05, 4.69) is 15.5 Å². The van der Waals surface area contributed by atoms with Gasteiger partial charge in [0.15, 0.2) is 0 Å². The normalized spacial score (nSPS) is 10.2. The fourth-order valence-corrected chi connectivity index (χ4v) is 1.13. The molecular weight excluding hydrogens is 199 g/mol. The maximum Gasteiger partial charge on any atom is 0.317 e. The van der Waals surface area contributed by atoms with Crippen LogP contribution in [0.2, 0.25) is 0 Å². The molecule has 0 atom stereocenters. The summed E-state index contributed by atoms with van der Waals surface area (Å²) >= 11 is 0. The molecule has 1 aromatic carbocycles. The molecule has 0 unspecified atom stereocenters. The van der Waals surface area contributed by atoms with E-state index in [-0.39, 0.29) is 17.8 Å². The first-order valence-corrected chi connectivity index (χ1v) is 4.31. The molecule has 0 aliphatic heterocycles. The maximum atomic E-state index is 12.8. The van der Waals surface area contributed by atoms with Crippen molar-refractivity contribution < 1.29 is 8.81 Å². The van der Waals surface area contributed by atoms with Gasteiger partial charge in [0.25, 0.3) is 0 Å². The minimum atomic E-state index is -0.278. The summed E-state index contributed by atoms with van der Waals surface area (Å²) in [5, 5.41) is 9.90. The molecule has 0 saturated heterocycles. The Morgan fingerprint density at radius 3 is 2.93 bits per heavy atom. The number of benzene rings is 1. The number of anilines is 2. The van der Waals surface area contributed by atoms with E-state index >= 15 is 0 Å². The van der Waals surface area contributed by atoms with Crippen LogP contribution in [0.15, 0.2) is 28.7 Å². The number of aromatic nitrogens is 2. The number of hydrogen-bond acceptors (Lipinski definition) is 5. The Hall–Kier alpha value is -2.11. The molecule has 0 aliphatic rings. The highest BCUT2D eigenvalue weighted by molar-refractivity contribution is 5.26. The zero-order valence-electron chi connectivity index (χ0n) is 7.77. The second-order valence-corrected chi connectivity index (χ2v) is 2.93. The molecule has 78 valence electrons. The third-order valence-corrected chi connectivity index (χ3v) is 1.77. The zero-order chi connectivity index (χ0) is 10.7. The summed E-state index contributed by atoms with van der Waals surface area (Å²) < 4.78 is 17.7. The average Bonchev–Trinajstić information content (AvgIpc) is 2.62. The van der Waals surface area contributed by atoms with E-state index in [9.17, 15) is 4.39 Å². The Kier molecular flexibility index (Phi) is 2.49. The number of nitrogens with zero attached hydrogens (tertiary/aromatic N) is 2. The molecule has 0 saturated carbocycles. The highest BCUT2D eigenvalue weighted by atomic mass is 19.1. The molecule has 2 aromatic rings. The molecule has 2 rings (SSSR count). The lowest BCUT2D eigenvalue weighted by molar-refractivity contribution is 0.585. The number of nitrogens with one attached hydrogen (secondary N) is 1. The third kappa shape index (κ3) is 2.43. The molecule has 6 heteroatoms. The number of nitrogen functional groups attached to an aromatic ring is 1. The van der Waals surface area contributed by atoms with Crippen LogP contribution in [0.4, 0.5) is 16.4 Å². The Morgan fingerprint density at radius 2 is 2.27 bits per heavy atom. The van der Waals surface area contributed by atoms with Gasteiger partial charge in [0, 0.05) is 6.54 Å². The first-order chi connectivity index (χ1) is 7.24. The minimum Gasteiger partial charge on any atom is -0.390 e. The van der Waals surface area contributed by atoms with Gasteiger partial charge in [-0.05, 0) is 17.7 Å². The summed E-state index contributed by atoms with van der Waals surface area (Å²) in [6.07, 6.45) is 0. The second-order valence-electron chi connectivity index (χ2n) is 2.93. The van der Waals surface area contributed by atoms with Crippen molar-refractivity contribution in [3.8, 4) is 0 Å². The van der Waals surface area contributed by atoms with Gasteiger partial charge in [0.2, 0.25) is 0 Å². The van der Waals surface area contributed by atoms with Gasteiger partial charge in [-0.15, -0.1) is 0 Å². The number of nitrogens with two attached hydrogens (primary N) is 1. The summed E-state index contributed by atoms with van der Waals surface area (Å²) in [5.41, 5.74) is 6.02. The molecule has 0 radical (unpaired) electrons. The van der Waals surface area contributed by atoms with Gasteiger partial charge in [-0.3, -0.25) is 0 Å². The molecule has 5 nitrogen and oxygen atoms in total. The van der Waals surface area contributed by atoms with Crippen molar-refractivity contribution in [3.05, 3.63) is 35.6 Å². The van der Waals surface area contributed by atoms with Crippen LogP contribution < -0.4 is 11.1 Å². The van der Waals surface area contributed by atoms with Crippen molar-refractivity contribution in [3.63, 3.8) is 0 Å². The van der Waals surface area contributed by atoms with Crippen molar-refractivity contribution in [2.75, 3.05) is 11.1 Å². The quantitative estimate of drug-likeness (QED) is 0.797. The first kappa shape index (κ1) is 9.45. The summed E-state index contributed by atoms with van der Waals surface area (Å²) in [6, 6.07) is 6.44. The Bertz CT molecular complexity index is 457. The fourth-order valence-electron chi connectivity index (χ4n) is 1.13. The van der Waals surface area contributed by atoms with Gasteiger partial charge in [-0.1, -0.05) is 22.3 Å². The molecule has 15 heavy (non-hydrogen) atoms. The van der Waals surface area contributed by atoms with Crippen molar-refractivity contribution in [2.24, 2.45) is 0 Å². The van der Waals surface area contributed by atoms with Gasteiger partial charge >= 0.3 is 12.0 Å². The molecule has 0 aliphatic carbocycles. The predicted octanol–water partition coefficient (Wildman–Crippen LogP) is 1.40. The van der Waals surface area contributed by atoms with Crippen molar-refractivity contribution in [1.82, 2.24) is 10.2 Å². The Labute approximate surface area is 85.1 Å².